The summed E-state index contributed by atoms with van der Waals surface area (Å²) in [5.41, 5.74) is 2.28. The van der Waals surface area contributed by atoms with Gasteiger partial charge in [-0.05, 0) is 13.0 Å². The van der Waals surface area contributed by atoms with Crippen molar-refractivity contribution >= 4 is 17.2 Å². The smallest absolute Gasteiger partial charge is 0.270 e. The third kappa shape index (κ3) is 2.60. The van der Waals surface area contributed by atoms with Crippen molar-refractivity contribution in [1.29, 1.82) is 0 Å². The van der Waals surface area contributed by atoms with Gasteiger partial charge in [-0.1, -0.05) is 0 Å². The van der Waals surface area contributed by atoms with Gasteiger partial charge in [-0.3, -0.25) is 4.79 Å². The van der Waals surface area contributed by atoms with Crippen LogP contribution in [0.4, 0.5) is 0 Å². The Morgan fingerprint density at radius 1 is 1.61 bits per heavy atom. The SMILES string of the molecule is Cc1nc(-c2c[nH]c(C(=O)N(C)CCO)c2)cs1. The highest BCUT2D eigenvalue weighted by atomic mass is 32.1. The van der Waals surface area contributed by atoms with E-state index in [1.54, 1.807) is 30.6 Å². The van der Waals surface area contributed by atoms with Gasteiger partial charge in [0, 0.05) is 30.7 Å². The number of rotatable bonds is 4. The van der Waals surface area contributed by atoms with Gasteiger partial charge in [0.2, 0.25) is 0 Å². The third-order valence-electron chi connectivity index (χ3n) is 2.61. The Hall–Kier alpha value is -1.66. The second kappa shape index (κ2) is 5.32. The Bertz CT molecular complexity index is 547. The molecule has 0 saturated heterocycles. The summed E-state index contributed by atoms with van der Waals surface area (Å²) in [5.74, 6) is -0.137. The number of hydrogen-bond acceptors (Lipinski definition) is 4. The molecule has 0 unspecified atom stereocenters. The van der Waals surface area contributed by atoms with Crippen LogP contribution in [0.25, 0.3) is 11.3 Å². The minimum atomic E-state index is -0.137. The predicted molar refractivity (Wildman–Crippen MR) is 70.7 cm³/mol. The molecule has 0 radical (unpaired) electrons. The van der Waals surface area contributed by atoms with E-state index < -0.39 is 0 Å². The fourth-order valence-corrected chi connectivity index (χ4v) is 2.24. The third-order valence-corrected chi connectivity index (χ3v) is 3.38. The number of aromatic amines is 1. The van der Waals surface area contributed by atoms with Gasteiger partial charge in [-0.25, -0.2) is 4.98 Å². The van der Waals surface area contributed by atoms with Crippen molar-refractivity contribution < 1.29 is 9.90 Å². The van der Waals surface area contributed by atoms with Crippen LogP contribution >= 0.6 is 11.3 Å². The van der Waals surface area contributed by atoms with E-state index in [4.69, 9.17) is 5.11 Å². The monoisotopic (exact) mass is 265 g/mol. The van der Waals surface area contributed by atoms with Crippen molar-refractivity contribution in [2.24, 2.45) is 0 Å². The molecule has 0 aromatic carbocycles. The van der Waals surface area contributed by atoms with E-state index in [1.807, 2.05) is 12.3 Å². The quantitative estimate of drug-likeness (QED) is 0.880. The summed E-state index contributed by atoms with van der Waals surface area (Å²) in [6, 6.07) is 1.78. The Morgan fingerprint density at radius 2 is 2.39 bits per heavy atom. The average molecular weight is 265 g/mol. The van der Waals surface area contributed by atoms with Gasteiger partial charge in [0.1, 0.15) is 5.69 Å². The van der Waals surface area contributed by atoms with Gasteiger partial charge in [0.05, 0.1) is 17.3 Å². The minimum Gasteiger partial charge on any atom is -0.395 e. The molecule has 0 fully saturated rings. The van der Waals surface area contributed by atoms with Crippen LogP contribution in [0.15, 0.2) is 17.6 Å². The number of amides is 1. The number of hydrogen-bond donors (Lipinski definition) is 2. The van der Waals surface area contributed by atoms with Gasteiger partial charge in [0.25, 0.3) is 5.91 Å². The fourth-order valence-electron chi connectivity index (χ4n) is 1.62. The lowest BCUT2D eigenvalue weighted by molar-refractivity contribution is 0.0762. The van der Waals surface area contributed by atoms with Crippen LogP contribution < -0.4 is 0 Å². The van der Waals surface area contributed by atoms with Crippen LogP contribution in [0.5, 0.6) is 0 Å². The van der Waals surface area contributed by atoms with E-state index in [0.717, 1.165) is 16.3 Å². The zero-order valence-corrected chi connectivity index (χ0v) is 11.1. The molecule has 6 heteroatoms. The molecule has 96 valence electrons. The first-order valence-electron chi connectivity index (χ1n) is 5.59. The van der Waals surface area contributed by atoms with Crippen molar-refractivity contribution in [2.75, 3.05) is 20.2 Å². The zero-order chi connectivity index (χ0) is 13.1. The molecular weight excluding hydrogens is 250 g/mol. The Labute approximate surface area is 109 Å². The van der Waals surface area contributed by atoms with Gasteiger partial charge in [0.15, 0.2) is 0 Å². The molecule has 1 amide bonds. The van der Waals surface area contributed by atoms with E-state index in [1.165, 1.54) is 4.90 Å². The first-order chi connectivity index (χ1) is 8.61. The molecule has 0 bridgehead atoms. The number of likely N-dealkylation sites (N-methyl/N-ethyl adjacent to an activating group) is 1. The molecule has 2 rings (SSSR count). The summed E-state index contributed by atoms with van der Waals surface area (Å²) in [6.45, 7) is 2.23. The Balaban J connectivity index is 2.18. The van der Waals surface area contributed by atoms with Crippen LogP contribution in [-0.2, 0) is 0 Å². The maximum Gasteiger partial charge on any atom is 0.270 e. The molecule has 0 spiro atoms. The Kier molecular flexibility index (Phi) is 3.78. The van der Waals surface area contributed by atoms with Gasteiger partial charge >= 0.3 is 0 Å². The second-order valence-electron chi connectivity index (χ2n) is 4.00. The second-order valence-corrected chi connectivity index (χ2v) is 5.07. The number of carbonyl (C=O) groups excluding carboxylic acids is 1. The first-order valence-corrected chi connectivity index (χ1v) is 6.47. The number of nitrogens with zero attached hydrogens (tertiary/aromatic N) is 2. The number of aliphatic hydroxyl groups is 1. The van der Waals surface area contributed by atoms with E-state index >= 15 is 0 Å². The van der Waals surface area contributed by atoms with Crippen LogP contribution in [0, 0.1) is 6.92 Å². The van der Waals surface area contributed by atoms with E-state index in [2.05, 4.69) is 9.97 Å². The predicted octanol–water partition coefficient (Wildman–Crippen LogP) is 1.51. The lowest BCUT2D eigenvalue weighted by Gasteiger charge is -2.13. The highest BCUT2D eigenvalue weighted by Gasteiger charge is 2.14. The zero-order valence-electron chi connectivity index (χ0n) is 10.3. The topological polar surface area (TPSA) is 69.2 Å². The maximum absolute atomic E-state index is 12.0. The summed E-state index contributed by atoms with van der Waals surface area (Å²) in [5, 5.41) is 11.8. The summed E-state index contributed by atoms with van der Waals surface area (Å²) >= 11 is 1.58. The summed E-state index contributed by atoms with van der Waals surface area (Å²) in [4.78, 5) is 20.7. The standard InChI is InChI=1S/C12H15N3O2S/c1-8-14-11(7-18-8)9-5-10(13-6-9)12(17)15(2)3-4-16/h5-7,13,16H,3-4H2,1-2H3. The molecule has 18 heavy (non-hydrogen) atoms. The normalized spacial score (nSPS) is 10.6. The summed E-state index contributed by atoms with van der Waals surface area (Å²) in [6.07, 6.45) is 1.77. The molecule has 0 aliphatic carbocycles. The molecule has 2 heterocycles. The van der Waals surface area contributed by atoms with Crippen LogP contribution in [0.3, 0.4) is 0 Å². The number of H-pyrrole nitrogens is 1. The number of carbonyl (C=O) groups is 1. The molecule has 0 saturated carbocycles. The fraction of sp³-hybridized carbons (Fsp3) is 0.333. The van der Waals surface area contributed by atoms with Gasteiger partial charge in [-0.15, -0.1) is 11.3 Å². The summed E-state index contributed by atoms with van der Waals surface area (Å²) < 4.78 is 0. The van der Waals surface area contributed by atoms with Crippen LogP contribution in [0.2, 0.25) is 0 Å². The Morgan fingerprint density at radius 3 is 3.00 bits per heavy atom. The minimum absolute atomic E-state index is 0.0406. The lowest BCUT2D eigenvalue weighted by Crippen LogP contribution is -2.29. The lowest BCUT2D eigenvalue weighted by atomic mass is 10.2. The van der Waals surface area contributed by atoms with Crippen molar-refractivity contribution in [1.82, 2.24) is 14.9 Å². The molecule has 0 atom stereocenters. The molecule has 2 N–H and O–H groups in total. The van der Waals surface area contributed by atoms with E-state index in [-0.39, 0.29) is 12.5 Å². The first kappa shape index (κ1) is 12.8. The molecular formula is C12H15N3O2S. The number of aromatic nitrogens is 2. The van der Waals surface area contributed by atoms with Crippen molar-refractivity contribution in [3.8, 4) is 11.3 Å². The summed E-state index contributed by atoms with van der Waals surface area (Å²) in [7, 11) is 1.66. The number of aryl methyl sites for hydroxylation is 1. The molecule has 2 aromatic rings. The van der Waals surface area contributed by atoms with Crippen LogP contribution in [0.1, 0.15) is 15.5 Å². The van der Waals surface area contributed by atoms with Gasteiger partial charge in [-0.2, -0.15) is 0 Å². The number of nitrogens with one attached hydrogen (secondary N) is 1. The molecule has 5 nitrogen and oxygen atoms in total. The molecule has 0 aliphatic heterocycles. The molecule has 2 aromatic heterocycles. The highest BCUT2D eigenvalue weighted by Crippen LogP contribution is 2.22. The van der Waals surface area contributed by atoms with Crippen LogP contribution in [-0.4, -0.2) is 46.1 Å². The molecule has 0 aliphatic rings. The maximum atomic E-state index is 12.0. The number of aliphatic hydroxyl groups excluding tert-OH is 1. The average Bonchev–Trinajstić information content (AvgIpc) is 2.96. The van der Waals surface area contributed by atoms with Crippen molar-refractivity contribution in [3.63, 3.8) is 0 Å². The van der Waals surface area contributed by atoms with Gasteiger partial charge < -0.3 is 15.0 Å². The highest BCUT2D eigenvalue weighted by molar-refractivity contribution is 7.09. The van der Waals surface area contributed by atoms with Crippen molar-refractivity contribution in [2.45, 2.75) is 6.92 Å². The largest absolute Gasteiger partial charge is 0.395 e. The van der Waals surface area contributed by atoms with E-state index in [9.17, 15) is 4.79 Å². The number of thiazole rings is 1. The van der Waals surface area contributed by atoms with Crippen molar-refractivity contribution in [3.05, 3.63) is 28.3 Å². The van der Waals surface area contributed by atoms with E-state index in [0.29, 0.717) is 12.2 Å².